The van der Waals surface area contributed by atoms with Crippen LogP contribution in [0, 0.1) is 0 Å². The third kappa shape index (κ3) is 5.60. The number of morpholine rings is 1. The second kappa shape index (κ2) is 11.5. The van der Waals surface area contributed by atoms with Crippen LogP contribution in [0.1, 0.15) is 34.1 Å². The van der Waals surface area contributed by atoms with Crippen LogP contribution in [-0.4, -0.2) is 66.0 Å². The lowest BCUT2D eigenvalue weighted by Crippen LogP contribution is -2.39. The molecule has 1 N–H and O–H groups in total. The van der Waals surface area contributed by atoms with Gasteiger partial charge in [-0.05, 0) is 41.8 Å². The normalized spacial score (nSPS) is 18.4. The number of furan rings is 1. The van der Waals surface area contributed by atoms with Gasteiger partial charge in [-0.2, -0.15) is 0 Å². The van der Waals surface area contributed by atoms with Crippen molar-refractivity contribution in [3.05, 3.63) is 101 Å². The van der Waals surface area contributed by atoms with Crippen LogP contribution in [0.3, 0.4) is 0 Å². The lowest BCUT2D eigenvalue weighted by molar-refractivity contribution is -0.129. The van der Waals surface area contributed by atoms with E-state index in [1.54, 1.807) is 11.0 Å². The maximum Gasteiger partial charge on any atom is 0.290 e. The first kappa shape index (κ1) is 24.8. The molecule has 0 aliphatic carbocycles. The summed E-state index contributed by atoms with van der Waals surface area (Å²) in [4.78, 5) is 30.5. The number of carbonyl (C=O) groups is 2. The molecule has 0 saturated carbocycles. The molecular weight excluding hydrogens is 472 g/mol. The van der Waals surface area contributed by atoms with Crippen LogP contribution in [-0.2, 0) is 16.1 Å². The predicted octanol–water partition coefficient (Wildman–Crippen LogP) is 4.16. The van der Waals surface area contributed by atoms with E-state index in [4.69, 9.17) is 13.9 Å². The summed E-state index contributed by atoms with van der Waals surface area (Å²) in [6.07, 6.45) is 2.09. The summed E-state index contributed by atoms with van der Waals surface area (Å²) in [6.45, 7) is 4.66. The molecule has 8 nitrogen and oxygen atoms in total. The van der Waals surface area contributed by atoms with E-state index in [0.717, 1.165) is 25.2 Å². The quantitative estimate of drug-likeness (QED) is 0.416. The molecule has 37 heavy (non-hydrogen) atoms. The Labute approximate surface area is 215 Å². The summed E-state index contributed by atoms with van der Waals surface area (Å²) in [5.41, 5.74) is 1.73. The summed E-state index contributed by atoms with van der Waals surface area (Å²) in [6, 6.07) is 19.5. The number of nitrogens with zero attached hydrogens (tertiary/aromatic N) is 2. The van der Waals surface area contributed by atoms with Crippen molar-refractivity contribution in [2.45, 2.75) is 19.1 Å². The van der Waals surface area contributed by atoms with Crippen LogP contribution in [0.2, 0.25) is 0 Å². The van der Waals surface area contributed by atoms with Crippen LogP contribution in [0.5, 0.6) is 5.75 Å². The van der Waals surface area contributed by atoms with Crippen LogP contribution >= 0.6 is 0 Å². The summed E-state index contributed by atoms with van der Waals surface area (Å²) in [5.74, 6) is -0.915. The molecule has 1 unspecified atom stereocenters. The number of ketones is 1. The average molecular weight is 503 g/mol. The largest absolute Gasteiger partial charge is 0.503 e. The van der Waals surface area contributed by atoms with Gasteiger partial charge in [0.2, 0.25) is 5.78 Å². The van der Waals surface area contributed by atoms with Gasteiger partial charge in [0.1, 0.15) is 12.4 Å². The minimum absolute atomic E-state index is 0.0199. The highest BCUT2D eigenvalue weighted by Gasteiger charge is 2.44. The second-order valence-electron chi connectivity index (χ2n) is 9.12. The Balaban J connectivity index is 1.40. The Morgan fingerprint density at radius 2 is 1.81 bits per heavy atom. The summed E-state index contributed by atoms with van der Waals surface area (Å²) < 4.78 is 16.7. The SMILES string of the molecule is O=C(C1=C(O)C(=O)N(CCCN2CCOCC2)C1c1cccc(OCc2ccccc2)c1)c1ccco1. The highest BCUT2D eigenvalue weighted by atomic mass is 16.5. The van der Waals surface area contributed by atoms with Gasteiger partial charge in [-0.15, -0.1) is 0 Å². The number of carbonyl (C=O) groups excluding carboxylic acids is 2. The number of aliphatic hydroxyl groups is 1. The van der Waals surface area contributed by atoms with Crippen molar-refractivity contribution >= 4 is 11.7 Å². The van der Waals surface area contributed by atoms with Gasteiger partial charge in [-0.3, -0.25) is 14.5 Å². The lowest BCUT2D eigenvalue weighted by atomic mass is 9.95. The van der Waals surface area contributed by atoms with Gasteiger partial charge in [-0.1, -0.05) is 42.5 Å². The van der Waals surface area contributed by atoms with E-state index in [1.165, 1.54) is 12.3 Å². The van der Waals surface area contributed by atoms with E-state index < -0.39 is 23.5 Å². The predicted molar refractivity (Wildman–Crippen MR) is 136 cm³/mol. The number of rotatable bonds is 10. The lowest BCUT2D eigenvalue weighted by Gasteiger charge is -2.30. The molecule has 0 spiro atoms. The topological polar surface area (TPSA) is 92.5 Å². The molecule has 8 heteroatoms. The van der Waals surface area contributed by atoms with Crippen LogP contribution in [0.15, 0.2) is 88.7 Å². The smallest absolute Gasteiger partial charge is 0.290 e. The maximum absolute atomic E-state index is 13.4. The van der Waals surface area contributed by atoms with Crippen LogP contribution in [0.4, 0.5) is 0 Å². The minimum Gasteiger partial charge on any atom is -0.503 e. The molecule has 2 aromatic carbocycles. The van der Waals surface area contributed by atoms with Gasteiger partial charge >= 0.3 is 0 Å². The summed E-state index contributed by atoms with van der Waals surface area (Å²) in [7, 11) is 0. The molecule has 0 radical (unpaired) electrons. The second-order valence-corrected chi connectivity index (χ2v) is 9.12. The number of Topliss-reactive ketones (excluding diaryl/α,β-unsaturated/α-hetero) is 1. The van der Waals surface area contributed by atoms with Crippen molar-refractivity contribution in [2.75, 3.05) is 39.4 Å². The Morgan fingerprint density at radius 1 is 1.00 bits per heavy atom. The molecule has 192 valence electrons. The molecule has 2 aliphatic heterocycles. The fourth-order valence-corrected chi connectivity index (χ4v) is 4.81. The van der Waals surface area contributed by atoms with Gasteiger partial charge in [0.25, 0.3) is 5.91 Å². The summed E-state index contributed by atoms with van der Waals surface area (Å²) in [5, 5.41) is 10.9. The van der Waals surface area contributed by atoms with E-state index in [9.17, 15) is 14.7 Å². The fraction of sp³-hybridized carbons (Fsp3) is 0.310. The Hall–Kier alpha value is -3.88. The van der Waals surface area contributed by atoms with E-state index in [2.05, 4.69) is 4.90 Å². The highest BCUT2D eigenvalue weighted by molar-refractivity contribution is 6.15. The van der Waals surface area contributed by atoms with Crippen molar-refractivity contribution in [1.29, 1.82) is 0 Å². The van der Waals surface area contributed by atoms with E-state index >= 15 is 0 Å². The number of aliphatic hydroxyl groups excluding tert-OH is 1. The van der Waals surface area contributed by atoms with Gasteiger partial charge in [0, 0.05) is 26.2 Å². The zero-order valence-corrected chi connectivity index (χ0v) is 20.5. The first-order valence-electron chi connectivity index (χ1n) is 12.5. The maximum atomic E-state index is 13.4. The van der Waals surface area contributed by atoms with Gasteiger partial charge in [0.05, 0.1) is 31.1 Å². The minimum atomic E-state index is -0.755. The van der Waals surface area contributed by atoms with Crippen molar-refractivity contribution < 1.29 is 28.6 Å². The summed E-state index contributed by atoms with van der Waals surface area (Å²) >= 11 is 0. The Kier molecular flexibility index (Phi) is 7.67. The number of hydrogen-bond donors (Lipinski definition) is 1. The van der Waals surface area contributed by atoms with E-state index in [0.29, 0.717) is 44.1 Å². The number of hydrogen-bond acceptors (Lipinski definition) is 7. The molecule has 1 amide bonds. The molecule has 1 fully saturated rings. The highest BCUT2D eigenvalue weighted by Crippen LogP contribution is 2.40. The Bertz CT molecular complexity index is 1250. The van der Waals surface area contributed by atoms with Gasteiger partial charge in [-0.25, -0.2) is 0 Å². The van der Waals surface area contributed by atoms with Crippen molar-refractivity contribution in [3.8, 4) is 5.75 Å². The first-order chi connectivity index (χ1) is 18.1. The number of ether oxygens (including phenoxy) is 2. The molecule has 5 rings (SSSR count). The Morgan fingerprint density at radius 3 is 2.57 bits per heavy atom. The molecule has 1 aromatic heterocycles. The van der Waals surface area contributed by atoms with E-state index in [1.807, 2.05) is 54.6 Å². The van der Waals surface area contributed by atoms with Gasteiger partial charge in [0.15, 0.2) is 11.5 Å². The average Bonchev–Trinajstić information content (AvgIpc) is 3.56. The number of benzene rings is 2. The standard InChI is InChI=1S/C29H30N2O6/c32-27(24-11-5-16-36-24)25-26(22-9-4-10-23(19-22)37-20-21-7-2-1-3-8-21)31(29(34)28(25)33)13-6-12-30-14-17-35-18-15-30/h1-5,7-11,16,19,26,33H,6,12-15,17-18,20H2. The molecule has 2 aliphatic rings. The zero-order valence-electron chi connectivity index (χ0n) is 20.5. The molecule has 0 bridgehead atoms. The zero-order chi connectivity index (χ0) is 25.6. The molecule has 1 saturated heterocycles. The molecule has 1 atom stereocenters. The molecule has 3 heterocycles. The van der Waals surface area contributed by atoms with Crippen molar-refractivity contribution in [3.63, 3.8) is 0 Å². The molecule has 3 aromatic rings. The van der Waals surface area contributed by atoms with Crippen LogP contribution in [0.25, 0.3) is 0 Å². The van der Waals surface area contributed by atoms with Crippen molar-refractivity contribution in [1.82, 2.24) is 9.80 Å². The first-order valence-corrected chi connectivity index (χ1v) is 12.5. The van der Waals surface area contributed by atoms with Crippen molar-refractivity contribution in [2.24, 2.45) is 0 Å². The van der Waals surface area contributed by atoms with E-state index in [-0.39, 0.29) is 11.3 Å². The fourth-order valence-electron chi connectivity index (χ4n) is 4.81. The number of amides is 1. The third-order valence-corrected chi connectivity index (χ3v) is 6.69. The monoisotopic (exact) mass is 502 g/mol. The molecular formula is C29H30N2O6. The van der Waals surface area contributed by atoms with Gasteiger partial charge < -0.3 is 23.9 Å². The van der Waals surface area contributed by atoms with Crippen LogP contribution < -0.4 is 4.74 Å². The third-order valence-electron chi connectivity index (χ3n) is 6.69.